The molecular weight excluding hydrogens is 400 g/mol. The number of aromatic nitrogens is 2. The van der Waals surface area contributed by atoms with Crippen molar-refractivity contribution < 1.29 is 9.59 Å². The maximum Gasteiger partial charge on any atom is 0.256 e. The second kappa shape index (κ2) is 8.80. The molecule has 1 fully saturated rings. The lowest BCUT2D eigenvalue weighted by molar-refractivity contribution is -0.140. The summed E-state index contributed by atoms with van der Waals surface area (Å²) in [5.74, 6) is -0.0446. The number of nitrogens with zero attached hydrogens (tertiary/aromatic N) is 3. The van der Waals surface area contributed by atoms with Crippen LogP contribution in [-0.2, 0) is 11.3 Å². The second-order valence-corrected chi connectivity index (χ2v) is 9.54. The summed E-state index contributed by atoms with van der Waals surface area (Å²) in [5, 5.41) is 7.91. The van der Waals surface area contributed by atoms with Gasteiger partial charge in [0.15, 0.2) is 0 Å². The lowest BCUT2D eigenvalue weighted by Gasteiger charge is -2.36. The van der Waals surface area contributed by atoms with Crippen molar-refractivity contribution in [2.24, 2.45) is 5.41 Å². The summed E-state index contributed by atoms with van der Waals surface area (Å²) in [4.78, 5) is 27.2. The van der Waals surface area contributed by atoms with Crippen LogP contribution in [0.3, 0.4) is 0 Å². The molecule has 0 unspecified atom stereocenters. The second-order valence-electron chi connectivity index (χ2n) is 9.18. The molecule has 2 heterocycles. The summed E-state index contributed by atoms with van der Waals surface area (Å²) in [6.07, 6.45) is 1.48. The van der Waals surface area contributed by atoms with Crippen LogP contribution in [0, 0.1) is 19.3 Å². The van der Waals surface area contributed by atoms with Crippen molar-refractivity contribution in [3.05, 3.63) is 51.8 Å². The van der Waals surface area contributed by atoms with Gasteiger partial charge in [-0.05, 0) is 32.3 Å². The molecule has 1 aromatic heterocycles. The summed E-state index contributed by atoms with van der Waals surface area (Å²) in [6, 6.07) is 8.19. The predicted molar refractivity (Wildman–Crippen MR) is 119 cm³/mol. The van der Waals surface area contributed by atoms with Crippen molar-refractivity contribution in [3.8, 4) is 0 Å². The number of carbonyl (C=O) groups excluding carboxylic acids is 2. The number of likely N-dealkylation sites (tertiary alicyclic amines) is 1. The highest BCUT2D eigenvalue weighted by Crippen LogP contribution is 2.23. The molecule has 1 saturated heterocycles. The molecule has 7 heteroatoms. The van der Waals surface area contributed by atoms with Crippen LogP contribution in [0.25, 0.3) is 0 Å². The van der Waals surface area contributed by atoms with Gasteiger partial charge < -0.3 is 10.2 Å². The van der Waals surface area contributed by atoms with Crippen LogP contribution in [0.5, 0.6) is 0 Å². The van der Waals surface area contributed by atoms with Gasteiger partial charge >= 0.3 is 0 Å². The summed E-state index contributed by atoms with van der Waals surface area (Å²) in [5.41, 5.74) is 2.93. The Labute approximate surface area is 183 Å². The van der Waals surface area contributed by atoms with E-state index < -0.39 is 0 Å². The zero-order valence-electron chi connectivity index (χ0n) is 18.5. The van der Waals surface area contributed by atoms with Crippen LogP contribution in [0.1, 0.15) is 60.8 Å². The van der Waals surface area contributed by atoms with E-state index in [0.717, 1.165) is 18.4 Å². The van der Waals surface area contributed by atoms with Crippen LogP contribution >= 0.6 is 11.6 Å². The standard InChI is InChI=1S/C23H31ClN4O2/c1-15-6-8-17(9-7-15)14-28-20(24)19(16(2)26-28)21(29)25-18-10-12-27(13-11-18)22(30)23(3,4)5/h6-9,18H,10-14H2,1-5H3,(H,25,29). The number of nitrogens with one attached hydrogen (secondary N) is 1. The molecule has 2 aromatic rings. The third-order valence-electron chi connectivity index (χ3n) is 5.50. The fourth-order valence-electron chi connectivity index (χ4n) is 3.74. The lowest BCUT2D eigenvalue weighted by Crippen LogP contribution is -2.49. The minimum absolute atomic E-state index is 0.0254. The molecular formula is C23H31ClN4O2. The molecule has 1 aliphatic rings. The van der Waals surface area contributed by atoms with Crippen molar-refractivity contribution >= 4 is 23.4 Å². The molecule has 30 heavy (non-hydrogen) atoms. The molecule has 0 aliphatic carbocycles. The van der Waals surface area contributed by atoms with Gasteiger partial charge in [-0.15, -0.1) is 0 Å². The van der Waals surface area contributed by atoms with E-state index in [2.05, 4.69) is 10.4 Å². The maximum atomic E-state index is 12.9. The number of halogens is 1. The normalized spacial score (nSPS) is 15.3. The van der Waals surface area contributed by atoms with Gasteiger partial charge in [0.2, 0.25) is 5.91 Å². The van der Waals surface area contributed by atoms with Gasteiger partial charge in [0.05, 0.1) is 17.8 Å². The van der Waals surface area contributed by atoms with Gasteiger partial charge in [-0.25, -0.2) is 4.68 Å². The van der Waals surface area contributed by atoms with E-state index in [4.69, 9.17) is 11.6 Å². The van der Waals surface area contributed by atoms with Crippen LogP contribution in [-0.4, -0.2) is 45.6 Å². The quantitative estimate of drug-likeness (QED) is 0.798. The van der Waals surface area contributed by atoms with Crippen molar-refractivity contribution in [1.29, 1.82) is 0 Å². The zero-order chi connectivity index (χ0) is 22.1. The zero-order valence-corrected chi connectivity index (χ0v) is 19.2. The monoisotopic (exact) mass is 430 g/mol. The molecule has 0 spiro atoms. The summed E-state index contributed by atoms with van der Waals surface area (Å²) < 4.78 is 1.67. The molecule has 1 N–H and O–H groups in total. The first-order chi connectivity index (χ1) is 14.1. The number of aryl methyl sites for hydroxylation is 2. The molecule has 0 bridgehead atoms. The number of amides is 2. The fourth-order valence-corrected chi connectivity index (χ4v) is 4.06. The number of hydrogen-bond acceptors (Lipinski definition) is 3. The smallest absolute Gasteiger partial charge is 0.256 e. The van der Waals surface area contributed by atoms with E-state index in [-0.39, 0.29) is 23.3 Å². The summed E-state index contributed by atoms with van der Waals surface area (Å²) in [6.45, 7) is 11.5. The number of carbonyl (C=O) groups is 2. The molecule has 3 rings (SSSR count). The summed E-state index contributed by atoms with van der Waals surface area (Å²) >= 11 is 6.53. The maximum absolute atomic E-state index is 12.9. The van der Waals surface area contributed by atoms with Crippen molar-refractivity contribution in [2.45, 2.75) is 60.0 Å². The van der Waals surface area contributed by atoms with E-state index in [0.29, 0.717) is 36.0 Å². The predicted octanol–water partition coefficient (Wildman–Crippen LogP) is 3.97. The van der Waals surface area contributed by atoms with Gasteiger partial charge in [0.1, 0.15) is 5.15 Å². The number of hydrogen-bond donors (Lipinski definition) is 1. The van der Waals surface area contributed by atoms with Crippen molar-refractivity contribution in [1.82, 2.24) is 20.0 Å². The molecule has 1 aliphatic heterocycles. The van der Waals surface area contributed by atoms with Crippen molar-refractivity contribution in [2.75, 3.05) is 13.1 Å². The minimum atomic E-state index is -0.382. The third-order valence-corrected chi connectivity index (χ3v) is 5.89. The molecule has 0 saturated carbocycles. The highest BCUT2D eigenvalue weighted by molar-refractivity contribution is 6.33. The Kier molecular flexibility index (Phi) is 6.56. The Bertz CT molecular complexity index is 920. The number of piperidine rings is 1. The molecule has 1 aromatic carbocycles. The fraction of sp³-hybridized carbons (Fsp3) is 0.522. The minimum Gasteiger partial charge on any atom is -0.349 e. The van der Waals surface area contributed by atoms with Crippen LogP contribution < -0.4 is 5.32 Å². The first kappa shape index (κ1) is 22.3. The first-order valence-electron chi connectivity index (χ1n) is 10.4. The molecule has 162 valence electrons. The molecule has 6 nitrogen and oxygen atoms in total. The SMILES string of the molecule is Cc1ccc(Cn2nc(C)c(C(=O)NC3CCN(C(=O)C(C)(C)C)CC3)c2Cl)cc1. The van der Waals surface area contributed by atoms with Crippen molar-refractivity contribution in [3.63, 3.8) is 0 Å². The third kappa shape index (κ3) is 5.04. The van der Waals surface area contributed by atoms with E-state index in [1.807, 2.05) is 56.9 Å². The Balaban J connectivity index is 1.63. The Morgan fingerprint density at radius 3 is 2.30 bits per heavy atom. The average Bonchev–Trinajstić information content (AvgIpc) is 2.96. The van der Waals surface area contributed by atoms with E-state index in [1.54, 1.807) is 11.6 Å². The number of benzene rings is 1. The van der Waals surface area contributed by atoms with Gasteiger partial charge in [-0.1, -0.05) is 62.2 Å². The molecule has 0 radical (unpaired) electrons. The molecule has 2 amide bonds. The van der Waals surface area contributed by atoms with Gasteiger partial charge in [-0.2, -0.15) is 5.10 Å². The van der Waals surface area contributed by atoms with Crippen LogP contribution in [0.4, 0.5) is 0 Å². The van der Waals surface area contributed by atoms with E-state index >= 15 is 0 Å². The van der Waals surface area contributed by atoms with E-state index in [1.165, 1.54) is 5.56 Å². The molecule has 0 atom stereocenters. The van der Waals surface area contributed by atoms with Crippen LogP contribution in [0.15, 0.2) is 24.3 Å². The topological polar surface area (TPSA) is 67.2 Å². The van der Waals surface area contributed by atoms with Crippen LogP contribution in [0.2, 0.25) is 5.15 Å². The average molecular weight is 431 g/mol. The van der Waals surface area contributed by atoms with Gasteiger partial charge in [-0.3, -0.25) is 9.59 Å². The first-order valence-corrected chi connectivity index (χ1v) is 10.8. The van der Waals surface area contributed by atoms with Gasteiger partial charge in [0, 0.05) is 24.5 Å². The largest absolute Gasteiger partial charge is 0.349 e. The van der Waals surface area contributed by atoms with Gasteiger partial charge in [0.25, 0.3) is 5.91 Å². The Morgan fingerprint density at radius 1 is 1.13 bits per heavy atom. The highest BCUT2D eigenvalue weighted by atomic mass is 35.5. The Hall–Kier alpha value is -2.34. The summed E-state index contributed by atoms with van der Waals surface area (Å²) in [7, 11) is 0. The lowest BCUT2D eigenvalue weighted by atomic mass is 9.93. The van der Waals surface area contributed by atoms with E-state index in [9.17, 15) is 9.59 Å². The highest BCUT2D eigenvalue weighted by Gasteiger charge is 2.31. The number of rotatable bonds is 4. The Morgan fingerprint density at radius 2 is 1.73 bits per heavy atom.